The lowest BCUT2D eigenvalue weighted by Gasteiger charge is -2.11. The fourth-order valence-corrected chi connectivity index (χ4v) is 1.45. The molecule has 0 saturated heterocycles. The van der Waals surface area contributed by atoms with Crippen LogP contribution in [-0.2, 0) is 11.2 Å². The van der Waals surface area contributed by atoms with E-state index in [9.17, 15) is 13.6 Å². The quantitative estimate of drug-likeness (QED) is 0.792. The fraction of sp³-hybridized carbons (Fsp3) is 0.462. The Labute approximate surface area is 111 Å². The molecule has 0 heterocycles. The van der Waals surface area contributed by atoms with Gasteiger partial charge >= 0.3 is 6.61 Å². The van der Waals surface area contributed by atoms with E-state index >= 15 is 0 Å². The molecule has 6 heteroatoms. The van der Waals surface area contributed by atoms with Crippen molar-refractivity contribution >= 4 is 5.91 Å². The van der Waals surface area contributed by atoms with Crippen LogP contribution in [0.15, 0.2) is 24.3 Å². The topological polar surface area (TPSA) is 50.4 Å². The molecule has 0 saturated carbocycles. The highest BCUT2D eigenvalue weighted by molar-refractivity contribution is 5.81. The van der Waals surface area contributed by atoms with E-state index in [0.29, 0.717) is 13.0 Å². The molecule has 106 valence electrons. The van der Waals surface area contributed by atoms with Crippen LogP contribution in [0.5, 0.6) is 5.75 Å². The van der Waals surface area contributed by atoms with Crippen LogP contribution in [0.2, 0.25) is 0 Å². The third-order valence-corrected chi connectivity index (χ3v) is 2.69. The largest absolute Gasteiger partial charge is 0.435 e. The second-order valence-electron chi connectivity index (χ2n) is 4.07. The summed E-state index contributed by atoms with van der Waals surface area (Å²) in [7, 11) is 1.71. The number of alkyl halides is 2. The molecule has 1 amide bonds. The maximum absolute atomic E-state index is 11.9. The predicted octanol–water partition coefficient (Wildman–Crippen LogP) is 1.55. The van der Waals surface area contributed by atoms with Crippen molar-refractivity contribution in [2.75, 3.05) is 13.6 Å². The van der Waals surface area contributed by atoms with Gasteiger partial charge < -0.3 is 15.4 Å². The number of carbonyl (C=O) groups excluding carboxylic acids is 1. The number of benzene rings is 1. The molecule has 4 nitrogen and oxygen atoms in total. The van der Waals surface area contributed by atoms with E-state index < -0.39 is 6.61 Å². The van der Waals surface area contributed by atoms with Crippen molar-refractivity contribution in [1.29, 1.82) is 0 Å². The first-order chi connectivity index (χ1) is 9.02. The number of nitrogens with one attached hydrogen (secondary N) is 2. The van der Waals surface area contributed by atoms with Crippen molar-refractivity contribution < 1.29 is 18.3 Å². The molecule has 0 radical (unpaired) electrons. The minimum Gasteiger partial charge on any atom is -0.435 e. The van der Waals surface area contributed by atoms with Gasteiger partial charge in [0.25, 0.3) is 0 Å². The monoisotopic (exact) mass is 272 g/mol. The first-order valence-electron chi connectivity index (χ1n) is 6.01. The molecular weight excluding hydrogens is 254 g/mol. The van der Waals surface area contributed by atoms with Crippen molar-refractivity contribution in [3.05, 3.63) is 29.8 Å². The van der Waals surface area contributed by atoms with Gasteiger partial charge in [-0.05, 0) is 38.1 Å². The van der Waals surface area contributed by atoms with Gasteiger partial charge in [-0.15, -0.1) is 0 Å². The Kier molecular flexibility index (Phi) is 6.21. The van der Waals surface area contributed by atoms with Gasteiger partial charge in [0, 0.05) is 6.54 Å². The van der Waals surface area contributed by atoms with Gasteiger partial charge in [-0.2, -0.15) is 8.78 Å². The molecule has 1 unspecified atom stereocenters. The van der Waals surface area contributed by atoms with Crippen LogP contribution in [0.3, 0.4) is 0 Å². The molecule has 19 heavy (non-hydrogen) atoms. The number of rotatable bonds is 7. The average Bonchev–Trinajstić information content (AvgIpc) is 2.39. The van der Waals surface area contributed by atoms with Crippen LogP contribution >= 0.6 is 0 Å². The minimum absolute atomic E-state index is 0.0693. The lowest BCUT2D eigenvalue weighted by atomic mass is 10.1. The van der Waals surface area contributed by atoms with E-state index in [1.165, 1.54) is 12.1 Å². The van der Waals surface area contributed by atoms with Crippen LogP contribution in [0.4, 0.5) is 8.78 Å². The van der Waals surface area contributed by atoms with E-state index in [0.717, 1.165) is 5.56 Å². The molecule has 0 aliphatic heterocycles. The highest BCUT2D eigenvalue weighted by atomic mass is 19.3. The Hall–Kier alpha value is -1.69. The summed E-state index contributed by atoms with van der Waals surface area (Å²) >= 11 is 0. The molecule has 0 aliphatic rings. The fourth-order valence-electron chi connectivity index (χ4n) is 1.45. The summed E-state index contributed by atoms with van der Waals surface area (Å²) in [5.74, 6) is 0.0618. The van der Waals surface area contributed by atoms with E-state index in [1.807, 2.05) is 0 Å². The lowest BCUT2D eigenvalue weighted by Crippen LogP contribution is -2.41. The van der Waals surface area contributed by atoms with Gasteiger partial charge in [0.1, 0.15) is 5.75 Å². The first-order valence-corrected chi connectivity index (χ1v) is 6.01. The maximum Gasteiger partial charge on any atom is 0.387 e. The van der Waals surface area contributed by atoms with Crippen LogP contribution in [0.1, 0.15) is 12.5 Å². The van der Waals surface area contributed by atoms with E-state index in [-0.39, 0.29) is 17.7 Å². The van der Waals surface area contributed by atoms with Gasteiger partial charge in [0.2, 0.25) is 5.91 Å². The standard InChI is InChI=1S/C13H18F2N2O2/c1-9(16-2)12(18)17-8-7-10-3-5-11(6-4-10)19-13(14)15/h3-6,9,13,16H,7-8H2,1-2H3,(H,17,18). The molecule has 2 N–H and O–H groups in total. The van der Waals surface area contributed by atoms with Gasteiger partial charge in [-0.1, -0.05) is 12.1 Å². The smallest absolute Gasteiger partial charge is 0.387 e. The zero-order valence-corrected chi connectivity index (χ0v) is 11.0. The first kappa shape index (κ1) is 15.4. The van der Waals surface area contributed by atoms with Crippen molar-refractivity contribution in [3.63, 3.8) is 0 Å². The third kappa shape index (κ3) is 5.65. The Morgan fingerprint density at radius 3 is 2.47 bits per heavy atom. The van der Waals surface area contributed by atoms with E-state index in [2.05, 4.69) is 15.4 Å². The number of ether oxygens (including phenoxy) is 1. The molecule has 1 atom stereocenters. The van der Waals surface area contributed by atoms with E-state index in [4.69, 9.17) is 0 Å². The van der Waals surface area contributed by atoms with Gasteiger partial charge in [0.15, 0.2) is 0 Å². The second kappa shape index (κ2) is 7.68. The summed E-state index contributed by atoms with van der Waals surface area (Å²) in [6.07, 6.45) is 0.636. The van der Waals surface area contributed by atoms with Crippen LogP contribution in [0.25, 0.3) is 0 Å². The summed E-state index contributed by atoms with van der Waals surface area (Å²) < 4.78 is 28.1. The molecule has 1 aromatic rings. The summed E-state index contributed by atoms with van der Waals surface area (Å²) in [4.78, 5) is 11.5. The van der Waals surface area contributed by atoms with Crippen LogP contribution in [0, 0.1) is 0 Å². The molecule has 0 aromatic heterocycles. The lowest BCUT2D eigenvalue weighted by molar-refractivity contribution is -0.122. The average molecular weight is 272 g/mol. The Balaban J connectivity index is 2.36. The summed E-state index contributed by atoms with van der Waals surface area (Å²) in [5.41, 5.74) is 0.944. The Morgan fingerprint density at radius 1 is 1.32 bits per heavy atom. The number of amides is 1. The number of hydrogen-bond donors (Lipinski definition) is 2. The van der Waals surface area contributed by atoms with Gasteiger partial charge in [-0.25, -0.2) is 0 Å². The Bertz CT molecular complexity index is 396. The minimum atomic E-state index is -2.81. The van der Waals surface area contributed by atoms with Gasteiger partial charge in [-0.3, -0.25) is 4.79 Å². The highest BCUT2D eigenvalue weighted by Crippen LogP contribution is 2.14. The van der Waals surface area contributed by atoms with Crippen molar-refractivity contribution in [1.82, 2.24) is 10.6 Å². The maximum atomic E-state index is 11.9. The summed E-state index contributed by atoms with van der Waals surface area (Å²) in [6, 6.07) is 6.14. The number of hydrogen-bond acceptors (Lipinski definition) is 3. The molecule has 0 spiro atoms. The molecule has 1 rings (SSSR count). The van der Waals surface area contributed by atoms with Crippen LogP contribution < -0.4 is 15.4 Å². The normalized spacial score (nSPS) is 12.3. The molecular formula is C13H18F2N2O2. The van der Waals surface area contributed by atoms with Crippen molar-refractivity contribution in [3.8, 4) is 5.75 Å². The van der Waals surface area contributed by atoms with Crippen LogP contribution in [-0.4, -0.2) is 32.2 Å². The van der Waals surface area contributed by atoms with Crippen molar-refractivity contribution in [2.45, 2.75) is 26.0 Å². The molecule has 1 aromatic carbocycles. The molecule has 0 bridgehead atoms. The van der Waals surface area contributed by atoms with Crippen molar-refractivity contribution in [2.24, 2.45) is 0 Å². The highest BCUT2D eigenvalue weighted by Gasteiger charge is 2.08. The third-order valence-electron chi connectivity index (χ3n) is 2.69. The summed E-state index contributed by atoms with van der Waals surface area (Å²) in [6.45, 7) is -0.542. The number of halogens is 2. The second-order valence-corrected chi connectivity index (χ2v) is 4.07. The number of carbonyl (C=O) groups is 1. The molecule has 0 aliphatic carbocycles. The Morgan fingerprint density at radius 2 is 1.95 bits per heavy atom. The SMILES string of the molecule is CNC(C)C(=O)NCCc1ccc(OC(F)F)cc1. The van der Waals surface area contributed by atoms with Gasteiger partial charge in [0.05, 0.1) is 6.04 Å². The zero-order valence-electron chi connectivity index (χ0n) is 11.0. The predicted molar refractivity (Wildman–Crippen MR) is 68.3 cm³/mol. The van der Waals surface area contributed by atoms with E-state index in [1.54, 1.807) is 26.1 Å². The molecule has 0 fully saturated rings. The zero-order chi connectivity index (χ0) is 14.3. The number of likely N-dealkylation sites (N-methyl/N-ethyl adjacent to an activating group) is 1. The summed E-state index contributed by atoms with van der Waals surface area (Å²) in [5, 5.41) is 5.62.